The number of pyridine rings is 1. The molecule has 5 rings (SSSR count). The van der Waals surface area contributed by atoms with Gasteiger partial charge in [0.1, 0.15) is 12.1 Å². The molecule has 0 bridgehead atoms. The summed E-state index contributed by atoms with van der Waals surface area (Å²) < 4.78 is 40.5. The Balaban J connectivity index is 1.36. The number of nitrogens with one attached hydrogen (secondary N) is 1. The van der Waals surface area contributed by atoms with Gasteiger partial charge in [0, 0.05) is 50.4 Å². The average Bonchev–Trinajstić information content (AvgIpc) is 3.77. The molecular formula is C33H36N6O7S2. The van der Waals surface area contributed by atoms with Gasteiger partial charge in [-0.2, -0.15) is 9.29 Å². The van der Waals surface area contributed by atoms with Crippen LogP contribution in [0.1, 0.15) is 34.6 Å². The van der Waals surface area contributed by atoms with Crippen LogP contribution in [0, 0.1) is 5.92 Å². The molecule has 0 fully saturated rings. The van der Waals surface area contributed by atoms with Crippen molar-refractivity contribution in [1.29, 1.82) is 0 Å². The van der Waals surface area contributed by atoms with E-state index in [-0.39, 0.29) is 54.4 Å². The van der Waals surface area contributed by atoms with Gasteiger partial charge in [0.25, 0.3) is 5.91 Å². The Morgan fingerprint density at radius 1 is 1.04 bits per heavy atom. The molecule has 2 unspecified atom stereocenters. The van der Waals surface area contributed by atoms with E-state index in [0.717, 1.165) is 10.4 Å². The summed E-state index contributed by atoms with van der Waals surface area (Å²) >= 11 is 1.34. The molecule has 5 aromatic rings. The molecule has 0 aliphatic carbocycles. The molecule has 2 N–H and O–H groups in total. The number of hydrogen-bond donors (Lipinski definition) is 2. The number of carbonyl (C=O) groups is 2. The van der Waals surface area contributed by atoms with Crippen molar-refractivity contribution in [2.75, 3.05) is 25.0 Å². The molecule has 2 atom stereocenters. The molecule has 0 aliphatic heterocycles. The number of aliphatic hydroxyl groups excluding tert-OH is 1. The van der Waals surface area contributed by atoms with Crippen LogP contribution in [-0.2, 0) is 27.8 Å². The summed E-state index contributed by atoms with van der Waals surface area (Å²) in [6, 6.07) is 15.8. The Morgan fingerprint density at radius 3 is 2.48 bits per heavy atom. The van der Waals surface area contributed by atoms with E-state index in [4.69, 9.17) is 9.15 Å². The number of aromatic nitrogens is 3. The predicted molar refractivity (Wildman–Crippen MR) is 180 cm³/mol. The van der Waals surface area contributed by atoms with Crippen molar-refractivity contribution in [2.45, 2.75) is 43.9 Å². The third-order valence-electron chi connectivity index (χ3n) is 7.36. The third kappa shape index (κ3) is 8.60. The highest BCUT2D eigenvalue weighted by atomic mass is 32.2. The molecule has 3 aromatic heterocycles. The Bertz CT molecular complexity index is 1920. The van der Waals surface area contributed by atoms with Gasteiger partial charge >= 0.3 is 12.1 Å². The number of hydrogen-bond acceptors (Lipinski definition) is 11. The summed E-state index contributed by atoms with van der Waals surface area (Å²) in [5.74, 6) is -0.467. The number of thiazole rings is 1. The Hall–Kier alpha value is -4.70. The minimum absolute atomic E-state index is 0.00660. The van der Waals surface area contributed by atoms with Crippen LogP contribution in [0.15, 0.2) is 94.1 Å². The second-order valence-corrected chi connectivity index (χ2v) is 14.4. The summed E-state index contributed by atoms with van der Waals surface area (Å²) in [6.07, 6.45) is 2.77. The minimum Gasteiger partial charge on any atom is -0.444 e. The van der Waals surface area contributed by atoms with Gasteiger partial charge in [0.05, 0.1) is 27.4 Å². The molecule has 2 aromatic carbocycles. The first-order valence-electron chi connectivity index (χ1n) is 15.1. The molecule has 13 nitrogen and oxygen atoms in total. The molecule has 2 amide bonds. The van der Waals surface area contributed by atoms with Crippen LogP contribution < -0.4 is 10.2 Å². The van der Waals surface area contributed by atoms with Crippen molar-refractivity contribution < 1.29 is 32.3 Å². The van der Waals surface area contributed by atoms with Crippen LogP contribution in [-0.4, -0.2) is 77.1 Å². The fourth-order valence-corrected chi connectivity index (χ4v) is 7.07. The summed E-state index contributed by atoms with van der Waals surface area (Å²) in [6.45, 7) is 3.53. The molecule has 0 radical (unpaired) electrons. The van der Waals surface area contributed by atoms with Gasteiger partial charge in [-0.3, -0.25) is 19.7 Å². The van der Waals surface area contributed by atoms with Crippen molar-refractivity contribution in [3.8, 4) is 0 Å². The van der Waals surface area contributed by atoms with E-state index >= 15 is 0 Å². The van der Waals surface area contributed by atoms with Crippen molar-refractivity contribution in [3.63, 3.8) is 0 Å². The number of aliphatic hydroxyl groups is 1. The highest BCUT2D eigenvalue weighted by molar-refractivity contribution is 7.89. The van der Waals surface area contributed by atoms with Crippen molar-refractivity contribution >= 4 is 50.5 Å². The second kappa shape index (κ2) is 15.5. The smallest absolute Gasteiger partial charge is 0.407 e. The second-order valence-electron chi connectivity index (χ2n) is 11.5. The third-order valence-corrected chi connectivity index (χ3v) is 9.94. The van der Waals surface area contributed by atoms with Gasteiger partial charge in [0.2, 0.25) is 10.0 Å². The fraction of sp³-hybridized carbons (Fsp3) is 0.303. The molecule has 15 heteroatoms. The standard InChI is InChI=1S/C33H36N6O7S2/c1-22(2)18-39(19-29(40)28(15-23-7-5-4-6-8-23)37-33(42)45-20-25-17-35-21-47-25)48(43,44)26-9-10-27-30(16-26)46-32(36-27)38(3)31(41)24-11-13-34-14-12-24/h4-14,16-17,21-22,28-29,40H,15,18-20H2,1-3H3,(H,37,42). The maximum absolute atomic E-state index is 14.1. The number of nitrogens with zero attached hydrogens (tertiary/aromatic N) is 5. The first-order chi connectivity index (χ1) is 23.0. The van der Waals surface area contributed by atoms with E-state index < -0.39 is 28.3 Å². The molecule has 48 heavy (non-hydrogen) atoms. The van der Waals surface area contributed by atoms with E-state index in [9.17, 15) is 23.1 Å². The molecule has 252 valence electrons. The van der Waals surface area contributed by atoms with E-state index in [1.807, 2.05) is 44.2 Å². The van der Waals surface area contributed by atoms with E-state index in [2.05, 4.69) is 20.3 Å². The average molecular weight is 693 g/mol. The minimum atomic E-state index is -4.18. The van der Waals surface area contributed by atoms with Crippen LogP contribution in [0.3, 0.4) is 0 Å². The van der Waals surface area contributed by atoms with Crippen molar-refractivity contribution in [1.82, 2.24) is 24.6 Å². The lowest BCUT2D eigenvalue weighted by molar-refractivity contribution is 0.0876. The van der Waals surface area contributed by atoms with Crippen molar-refractivity contribution in [3.05, 3.63) is 101 Å². The Morgan fingerprint density at radius 2 is 1.79 bits per heavy atom. The number of oxazole rings is 1. The summed E-state index contributed by atoms with van der Waals surface area (Å²) in [7, 11) is -2.67. The highest BCUT2D eigenvalue weighted by Crippen LogP contribution is 2.27. The van der Waals surface area contributed by atoms with Gasteiger partial charge in [-0.25, -0.2) is 13.2 Å². The lowest BCUT2D eigenvalue weighted by atomic mass is 10.0. The lowest BCUT2D eigenvalue weighted by Crippen LogP contribution is -2.51. The number of rotatable bonds is 14. The maximum Gasteiger partial charge on any atom is 0.407 e. The number of anilines is 1. The Labute approximate surface area is 282 Å². The first kappa shape index (κ1) is 34.6. The van der Waals surface area contributed by atoms with E-state index in [0.29, 0.717) is 11.1 Å². The summed E-state index contributed by atoms with van der Waals surface area (Å²) in [4.78, 5) is 39.9. The van der Waals surface area contributed by atoms with Gasteiger partial charge in [-0.15, -0.1) is 11.3 Å². The number of carbonyl (C=O) groups excluding carboxylic acids is 2. The zero-order valence-corrected chi connectivity index (χ0v) is 28.2. The normalized spacial score (nSPS) is 13.0. The van der Waals surface area contributed by atoms with Gasteiger partial charge < -0.3 is 19.6 Å². The largest absolute Gasteiger partial charge is 0.444 e. The van der Waals surface area contributed by atoms with Crippen LogP contribution in [0.25, 0.3) is 11.1 Å². The van der Waals surface area contributed by atoms with Gasteiger partial charge in [-0.05, 0) is 42.2 Å². The molecule has 3 heterocycles. The molecule has 0 saturated carbocycles. The van der Waals surface area contributed by atoms with Crippen LogP contribution >= 0.6 is 11.3 Å². The van der Waals surface area contributed by atoms with Crippen molar-refractivity contribution in [2.24, 2.45) is 5.92 Å². The van der Waals surface area contributed by atoms with Crippen LogP contribution in [0.2, 0.25) is 0 Å². The molecule has 0 aliphatic rings. The zero-order valence-electron chi connectivity index (χ0n) is 26.6. The monoisotopic (exact) mass is 692 g/mol. The summed E-state index contributed by atoms with van der Waals surface area (Å²) in [5.41, 5.74) is 3.37. The van der Waals surface area contributed by atoms with E-state index in [1.54, 1.807) is 23.8 Å². The number of fused-ring (bicyclic) bond motifs is 1. The Kier molecular flexibility index (Phi) is 11.2. The number of amides is 2. The topological polar surface area (TPSA) is 168 Å². The zero-order chi connectivity index (χ0) is 34.3. The van der Waals surface area contributed by atoms with Crippen LogP contribution in [0.5, 0.6) is 0 Å². The van der Waals surface area contributed by atoms with Gasteiger partial charge in [0.15, 0.2) is 5.58 Å². The van der Waals surface area contributed by atoms with E-state index in [1.165, 1.54) is 58.2 Å². The lowest BCUT2D eigenvalue weighted by Gasteiger charge is -2.30. The number of sulfonamides is 1. The molecule has 0 saturated heterocycles. The fourth-order valence-electron chi connectivity index (χ4n) is 4.93. The molecule has 0 spiro atoms. The predicted octanol–water partition coefficient (Wildman–Crippen LogP) is 4.50. The quantitative estimate of drug-likeness (QED) is 0.169. The number of ether oxygens (including phenoxy) is 1. The maximum atomic E-state index is 14.1. The van der Waals surface area contributed by atoms with Crippen LogP contribution in [0.4, 0.5) is 10.8 Å². The van der Waals surface area contributed by atoms with Gasteiger partial charge in [-0.1, -0.05) is 44.2 Å². The SMILES string of the molecule is CC(C)CN(CC(O)C(Cc1ccccc1)NC(=O)OCc1cncs1)S(=O)(=O)c1ccc2nc(N(C)C(=O)c3ccncc3)oc2c1. The highest BCUT2D eigenvalue weighted by Gasteiger charge is 2.32. The number of alkyl carbamates (subject to hydrolysis) is 1. The molecular weight excluding hydrogens is 657 g/mol. The first-order valence-corrected chi connectivity index (χ1v) is 17.4. The number of benzene rings is 2. The summed E-state index contributed by atoms with van der Waals surface area (Å²) in [5, 5.41) is 14.2.